The molecular weight excluding hydrogens is 290 g/mol. The van der Waals surface area contributed by atoms with Crippen molar-refractivity contribution in [1.29, 1.82) is 0 Å². The summed E-state index contributed by atoms with van der Waals surface area (Å²) < 4.78 is 3.43. The zero-order valence-electron chi connectivity index (χ0n) is 11.3. The number of alkyl halides is 1. The van der Waals surface area contributed by atoms with Gasteiger partial charge in [-0.25, -0.2) is 4.68 Å². The highest BCUT2D eigenvalue weighted by Crippen LogP contribution is 2.08. The first-order valence-corrected chi connectivity index (χ1v) is 7.18. The molecule has 21 heavy (non-hydrogen) atoms. The van der Waals surface area contributed by atoms with E-state index in [0.717, 1.165) is 24.2 Å². The first-order chi connectivity index (χ1) is 10.4. The number of hydrogen-bond acceptors (Lipinski definition) is 5. The third-order valence-corrected chi connectivity index (χ3v) is 3.26. The Kier molecular flexibility index (Phi) is 4.20. The lowest BCUT2D eigenvalue weighted by molar-refractivity contribution is 0.609. The number of para-hydroxylation sites is 1. The van der Waals surface area contributed by atoms with Crippen LogP contribution in [0.1, 0.15) is 17.9 Å². The van der Waals surface area contributed by atoms with Crippen molar-refractivity contribution in [3.05, 3.63) is 48.0 Å². The molecule has 0 aliphatic carbocycles. The van der Waals surface area contributed by atoms with Crippen molar-refractivity contribution in [2.45, 2.75) is 19.4 Å². The van der Waals surface area contributed by atoms with E-state index >= 15 is 0 Å². The smallest absolute Gasteiger partial charge is 0.178 e. The molecule has 3 aromatic rings. The fourth-order valence-corrected chi connectivity index (χ4v) is 2.13. The summed E-state index contributed by atoms with van der Waals surface area (Å²) >= 11 is 5.68. The minimum Gasteiger partial charge on any atom is -0.245 e. The minimum atomic E-state index is 0.468. The van der Waals surface area contributed by atoms with Crippen LogP contribution in [0.4, 0.5) is 0 Å². The van der Waals surface area contributed by atoms with Crippen molar-refractivity contribution < 1.29 is 0 Å². The number of halogens is 1. The summed E-state index contributed by atoms with van der Waals surface area (Å²) in [6.45, 7) is 0.468. The first-order valence-electron chi connectivity index (χ1n) is 6.64. The molecule has 1 aromatic carbocycles. The predicted molar refractivity (Wildman–Crippen MR) is 77.3 cm³/mol. The number of nitrogens with zero attached hydrogens (tertiary/aromatic N) is 7. The quantitative estimate of drug-likeness (QED) is 0.645. The average Bonchev–Trinajstić information content (AvgIpc) is 3.16. The van der Waals surface area contributed by atoms with Crippen molar-refractivity contribution in [2.75, 3.05) is 5.88 Å². The topological polar surface area (TPSA) is 74.3 Å². The van der Waals surface area contributed by atoms with Gasteiger partial charge in [-0.05, 0) is 35.4 Å². The summed E-state index contributed by atoms with van der Waals surface area (Å²) in [7, 11) is 0. The molecule has 2 aromatic heterocycles. The SMILES string of the molecule is ClCCCc1cn(Cc2nnnn2-c2ccccc2)nn1. The van der Waals surface area contributed by atoms with Crippen molar-refractivity contribution in [3.63, 3.8) is 0 Å². The Labute approximate surface area is 126 Å². The lowest BCUT2D eigenvalue weighted by atomic mass is 10.3. The van der Waals surface area contributed by atoms with Crippen LogP contribution in [0.5, 0.6) is 0 Å². The summed E-state index contributed by atoms with van der Waals surface area (Å²) in [6.07, 6.45) is 3.62. The summed E-state index contributed by atoms with van der Waals surface area (Å²) in [4.78, 5) is 0. The van der Waals surface area contributed by atoms with Crippen LogP contribution in [0, 0.1) is 0 Å². The summed E-state index contributed by atoms with van der Waals surface area (Å²) in [5, 5.41) is 20.0. The van der Waals surface area contributed by atoms with Crippen LogP contribution in [-0.2, 0) is 13.0 Å². The second kappa shape index (κ2) is 6.45. The Hall–Kier alpha value is -2.28. The van der Waals surface area contributed by atoms with Crippen LogP contribution in [-0.4, -0.2) is 41.1 Å². The molecule has 0 N–H and O–H groups in total. The molecule has 0 saturated heterocycles. The van der Waals surface area contributed by atoms with Gasteiger partial charge in [0.2, 0.25) is 0 Å². The molecule has 0 atom stereocenters. The lowest BCUT2D eigenvalue weighted by Crippen LogP contribution is -2.09. The molecule has 8 heteroatoms. The zero-order chi connectivity index (χ0) is 14.5. The van der Waals surface area contributed by atoms with Crippen LogP contribution in [0.25, 0.3) is 5.69 Å². The van der Waals surface area contributed by atoms with E-state index in [4.69, 9.17) is 11.6 Å². The summed E-state index contributed by atoms with van der Waals surface area (Å²) in [6, 6.07) is 9.75. The zero-order valence-corrected chi connectivity index (χ0v) is 12.1. The van der Waals surface area contributed by atoms with Gasteiger partial charge in [-0.15, -0.1) is 21.8 Å². The molecule has 3 rings (SSSR count). The van der Waals surface area contributed by atoms with Crippen LogP contribution >= 0.6 is 11.6 Å². The molecule has 0 fully saturated rings. The Balaban J connectivity index is 1.77. The van der Waals surface area contributed by atoms with Crippen molar-refractivity contribution in [3.8, 4) is 5.69 Å². The maximum atomic E-state index is 5.68. The molecule has 0 aliphatic rings. The number of rotatable bonds is 6. The molecule has 108 valence electrons. The van der Waals surface area contributed by atoms with Gasteiger partial charge in [-0.2, -0.15) is 4.68 Å². The Morgan fingerprint density at radius 2 is 1.90 bits per heavy atom. The third-order valence-electron chi connectivity index (χ3n) is 2.99. The van der Waals surface area contributed by atoms with E-state index in [1.54, 1.807) is 9.36 Å². The number of tetrazole rings is 1. The van der Waals surface area contributed by atoms with Gasteiger partial charge in [0.25, 0.3) is 0 Å². The van der Waals surface area contributed by atoms with Crippen LogP contribution in [0.3, 0.4) is 0 Å². The lowest BCUT2D eigenvalue weighted by Gasteiger charge is -2.03. The molecule has 0 saturated carbocycles. The standard InChI is InChI=1S/C13H14ClN7/c14-8-4-5-11-9-20(18-15-11)10-13-16-17-19-21(13)12-6-2-1-3-7-12/h1-3,6-7,9H,4-5,8,10H2. The van der Waals surface area contributed by atoms with E-state index in [2.05, 4.69) is 25.8 Å². The summed E-state index contributed by atoms with van der Waals surface area (Å²) in [5.41, 5.74) is 1.84. The second-order valence-electron chi connectivity index (χ2n) is 4.54. The summed E-state index contributed by atoms with van der Waals surface area (Å²) in [5.74, 6) is 1.33. The van der Waals surface area contributed by atoms with Crippen molar-refractivity contribution in [2.24, 2.45) is 0 Å². The van der Waals surface area contributed by atoms with Gasteiger partial charge < -0.3 is 0 Å². The first kappa shape index (κ1) is 13.7. The van der Waals surface area contributed by atoms with E-state index in [1.165, 1.54) is 0 Å². The molecule has 0 amide bonds. The van der Waals surface area contributed by atoms with Gasteiger partial charge in [-0.3, -0.25) is 0 Å². The van der Waals surface area contributed by atoms with Gasteiger partial charge in [-0.1, -0.05) is 23.4 Å². The average molecular weight is 304 g/mol. The highest BCUT2D eigenvalue weighted by Gasteiger charge is 2.10. The van der Waals surface area contributed by atoms with Crippen LogP contribution in [0.2, 0.25) is 0 Å². The Morgan fingerprint density at radius 3 is 2.71 bits per heavy atom. The number of aromatic nitrogens is 7. The predicted octanol–water partition coefficient (Wildman–Crippen LogP) is 1.47. The highest BCUT2D eigenvalue weighted by molar-refractivity contribution is 6.17. The van der Waals surface area contributed by atoms with E-state index in [1.807, 2.05) is 36.5 Å². The highest BCUT2D eigenvalue weighted by atomic mass is 35.5. The van der Waals surface area contributed by atoms with Crippen LogP contribution in [0.15, 0.2) is 36.5 Å². The van der Waals surface area contributed by atoms with Gasteiger partial charge in [0, 0.05) is 12.1 Å². The van der Waals surface area contributed by atoms with Crippen molar-refractivity contribution in [1.82, 2.24) is 35.2 Å². The Morgan fingerprint density at radius 1 is 1.05 bits per heavy atom. The fraction of sp³-hybridized carbons (Fsp3) is 0.308. The number of benzene rings is 1. The van der Waals surface area contributed by atoms with E-state index < -0.39 is 0 Å². The fourth-order valence-electron chi connectivity index (χ4n) is 2.00. The molecule has 0 spiro atoms. The molecule has 7 nitrogen and oxygen atoms in total. The molecule has 0 radical (unpaired) electrons. The molecular formula is C13H14ClN7. The minimum absolute atomic E-state index is 0.468. The molecule has 2 heterocycles. The van der Waals surface area contributed by atoms with E-state index in [9.17, 15) is 0 Å². The van der Waals surface area contributed by atoms with Gasteiger partial charge in [0.15, 0.2) is 5.82 Å². The molecule has 0 unspecified atom stereocenters. The maximum absolute atomic E-state index is 5.68. The number of aryl methyl sites for hydroxylation is 1. The van der Waals surface area contributed by atoms with Crippen molar-refractivity contribution >= 4 is 11.6 Å². The normalized spacial score (nSPS) is 10.9. The third kappa shape index (κ3) is 3.25. The largest absolute Gasteiger partial charge is 0.245 e. The molecule has 0 aliphatic heterocycles. The monoisotopic (exact) mass is 303 g/mol. The van der Waals surface area contributed by atoms with Crippen LogP contribution < -0.4 is 0 Å². The van der Waals surface area contributed by atoms with E-state index in [0.29, 0.717) is 18.2 Å². The van der Waals surface area contributed by atoms with Gasteiger partial charge in [0.1, 0.15) is 6.54 Å². The molecule has 0 bridgehead atoms. The van der Waals surface area contributed by atoms with Gasteiger partial charge in [0.05, 0.1) is 11.4 Å². The van der Waals surface area contributed by atoms with Gasteiger partial charge >= 0.3 is 0 Å². The number of hydrogen-bond donors (Lipinski definition) is 0. The second-order valence-corrected chi connectivity index (χ2v) is 4.92. The van der Waals surface area contributed by atoms with E-state index in [-0.39, 0.29) is 0 Å². The Bertz CT molecular complexity index is 691. The maximum Gasteiger partial charge on any atom is 0.178 e.